The first-order valence-corrected chi connectivity index (χ1v) is 11.1. The van der Waals surface area contributed by atoms with Gasteiger partial charge < -0.3 is 9.32 Å². The van der Waals surface area contributed by atoms with Gasteiger partial charge in [0, 0.05) is 56.6 Å². The number of rotatable bonds is 5. The molecule has 0 radical (unpaired) electrons. The Morgan fingerprint density at radius 1 is 1.06 bits per heavy atom. The Morgan fingerprint density at radius 3 is 2.47 bits per heavy atom. The van der Waals surface area contributed by atoms with Gasteiger partial charge in [0.1, 0.15) is 11.5 Å². The van der Waals surface area contributed by atoms with Gasteiger partial charge in [-0.2, -0.15) is 5.10 Å². The van der Waals surface area contributed by atoms with E-state index in [1.54, 1.807) is 6.20 Å². The number of oxazole rings is 1. The zero-order valence-electron chi connectivity index (χ0n) is 19.1. The lowest BCUT2D eigenvalue weighted by Gasteiger charge is -2.37. The molecule has 32 heavy (non-hydrogen) atoms. The molecule has 1 aliphatic rings. The lowest BCUT2D eigenvalue weighted by atomic mass is 10.0. The maximum Gasteiger partial charge on any atom is 0.191 e. The molecule has 0 atom stereocenters. The monoisotopic (exact) mass is 431 g/mol. The summed E-state index contributed by atoms with van der Waals surface area (Å²) in [5.41, 5.74) is 2.88. The van der Waals surface area contributed by atoms with Crippen LogP contribution in [0.15, 0.2) is 40.9 Å². The van der Waals surface area contributed by atoms with E-state index in [0.717, 1.165) is 77.8 Å². The fraction of sp³-hybridized carbons (Fsp3) is 0.417. The number of hydrogen-bond donors (Lipinski definition) is 0. The summed E-state index contributed by atoms with van der Waals surface area (Å²) >= 11 is 0. The number of aromatic nitrogens is 5. The zero-order valence-corrected chi connectivity index (χ0v) is 19.1. The average Bonchev–Trinajstić information content (AvgIpc) is 3.37. The summed E-state index contributed by atoms with van der Waals surface area (Å²) in [4.78, 5) is 9.31. The predicted molar refractivity (Wildman–Crippen MR) is 124 cm³/mol. The van der Waals surface area contributed by atoms with Crippen molar-refractivity contribution in [3.63, 3.8) is 0 Å². The molecule has 0 amide bonds. The molecule has 4 heterocycles. The SMILES string of the molecule is Cc1nc(CN(C)C2CCN(c3nnc(-c4ccnn4C)c4ccccc34)CC2)c(C)o1. The van der Waals surface area contributed by atoms with E-state index in [-0.39, 0.29) is 0 Å². The van der Waals surface area contributed by atoms with Crippen molar-refractivity contribution >= 4 is 16.6 Å². The molecule has 1 saturated heterocycles. The van der Waals surface area contributed by atoms with Gasteiger partial charge in [0.05, 0.1) is 11.4 Å². The van der Waals surface area contributed by atoms with Gasteiger partial charge in [0.25, 0.3) is 0 Å². The molecule has 1 aromatic carbocycles. The summed E-state index contributed by atoms with van der Waals surface area (Å²) in [6.07, 6.45) is 3.95. The van der Waals surface area contributed by atoms with Gasteiger partial charge >= 0.3 is 0 Å². The molecular weight excluding hydrogens is 402 g/mol. The predicted octanol–water partition coefficient (Wildman–Crippen LogP) is 3.74. The van der Waals surface area contributed by atoms with Crippen molar-refractivity contribution in [2.45, 2.75) is 39.3 Å². The van der Waals surface area contributed by atoms with Crippen LogP contribution in [0.4, 0.5) is 5.82 Å². The van der Waals surface area contributed by atoms with E-state index < -0.39 is 0 Å². The minimum absolute atomic E-state index is 0.510. The van der Waals surface area contributed by atoms with Crippen LogP contribution in [0.1, 0.15) is 30.2 Å². The Hall–Kier alpha value is -3.26. The maximum atomic E-state index is 5.60. The van der Waals surface area contributed by atoms with Gasteiger partial charge in [0.2, 0.25) is 0 Å². The van der Waals surface area contributed by atoms with Gasteiger partial charge in [0.15, 0.2) is 11.7 Å². The van der Waals surface area contributed by atoms with E-state index in [4.69, 9.17) is 4.42 Å². The van der Waals surface area contributed by atoms with Gasteiger partial charge in [-0.25, -0.2) is 4.98 Å². The molecule has 8 nitrogen and oxygen atoms in total. The van der Waals surface area contributed by atoms with Gasteiger partial charge in [-0.1, -0.05) is 24.3 Å². The number of aryl methyl sites for hydroxylation is 3. The van der Waals surface area contributed by atoms with Crippen molar-refractivity contribution in [3.8, 4) is 11.4 Å². The van der Waals surface area contributed by atoms with E-state index >= 15 is 0 Å². The smallest absolute Gasteiger partial charge is 0.191 e. The summed E-state index contributed by atoms with van der Waals surface area (Å²) in [5.74, 6) is 2.62. The highest BCUT2D eigenvalue weighted by molar-refractivity contribution is 5.99. The van der Waals surface area contributed by atoms with Crippen LogP contribution in [0.3, 0.4) is 0 Å². The molecule has 1 fully saturated rings. The lowest BCUT2D eigenvalue weighted by Crippen LogP contribution is -2.43. The van der Waals surface area contributed by atoms with Crippen LogP contribution in [0.25, 0.3) is 22.2 Å². The largest absolute Gasteiger partial charge is 0.446 e. The Kier molecular flexibility index (Phi) is 5.38. The first-order chi connectivity index (χ1) is 15.5. The van der Waals surface area contributed by atoms with Crippen LogP contribution in [0.5, 0.6) is 0 Å². The first kappa shape index (κ1) is 20.6. The molecule has 0 aliphatic carbocycles. The first-order valence-electron chi connectivity index (χ1n) is 11.1. The summed E-state index contributed by atoms with van der Waals surface area (Å²) < 4.78 is 7.44. The molecule has 0 spiro atoms. The van der Waals surface area contributed by atoms with Crippen molar-refractivity contribution in [3.05, 3.63) is 53.9 Å². The minimum atomic E-state index is 0.510. The van der Waals surface area contributed by atoms with Gasteiger partial charge in [-0.15, -0.1) is 10.2 Å². The Morgan fingerprint density at radius 2 is 1.81 bits per heavy atom. The van der Waals surface area contributed by atoms with Crippen molar-refractivity contribution in [1.82, 2.24) is 29.9 Å². The number of benzene rings is 1. The van der Waals surface area contributed by atoms with Crippen LogP contribution in [0.2, 0.25) is 0 Å². The number of hydrogen-bond acceptors (Lipinski definition) is 7. The number of fused-ring (bicyclic) bond motifs is 1. The van der Waals surface area contributed by atoms with Gasteiger partial charge in [-0.05, 0) is 32.9 Å². The fourth-order valence-corrected chi connectivity index (χ4v) is 4.72. The molecule has 4 aromatic rings. The van der Waals surface area contributed by atoms with Crippen molar-refractivity contribution in [2.24, 2.45) is 7.05 Å². The van der Waals surface area contributed by atoms with Gasteiger partial charge in [-0.3, -0.25) is 9.58 Å². The Labute approximate surface area is 187 Å². The van der Waals surface area contributed by atoms with Crippen molar-refractivity contribution in [2.75, 3.05) is 25.0 Å². The molecule has 0 unspecified atom stereocenters. The van der Waals surface area contributed by atoms with E-state index in [0.29, 0.717) is 6.04 Å². The van der Waals surface area contributed by atoms with E-state index in [2.05, 4.69) is 61.4 Å². The Bertz CT molecular complexity index is 1240. The Balaban J connectivity index is 1.34. The summed E-state index contributed by atoms with van der Waals surface area (Å²) in [7, 11) is 4.12. The number of nitrogens with zero attached hydrogens (tertiary/aromatic N) is 7. The lowest BCUT2D eigenvalue weighted by molar-refractivity contribution is 0.197. The topological polar surface area (TPSA) is 76.1 Å². The van der Waals surface area contributed by atoms with Crippen LogP contribution >= 0.6 is 0 Å². The third kappa shape index (κ3) is 3.75. The third-order valence-electron chi connectivity index (χ3n) is 6.52. The second-order valence-electron chi connectivity index (χ2n) is 8.63. The van der Waals surface area contributed by atoms with Crippen LogP contribution in [-0.4, -0.2) is 56.0 Å². The standard InChI is InChI=1S/C24H29N7O/c1-16-21(26-17(2)32-16)15-29(3)18-10-13-31(14-11-18)24-20-8-6-5-7-19(20)23(27-28-24)22-9-12-25-30(22)4/h5-9,12,18H,10-11,13-15H2,1-4H3. The van der Waals surface area contributed by atoms with Crippen LogP contribution in [0, 0.1) is 13.8 Å². The summed E-state index contributed by atoms with van der Waals surface area (Å²) in [6, 6.07) is 10.9. The van der Waals surface area contributed by atoms with Crippen LogP contribution in [-0.2, 0) is 13.6 Å². The minimum Gasteiger partial charge on any atom is -0.446 e. The maximum absolute atomic E-state index is 5.60. The molecule has 0 saturated carbocycles. The van der Waals surface area contributed by atoms with Crippen molar-refractivity contribution in [1.29, 1.82) is 0 Å². The normalized spacial score (nSPS) is 15.2. The summed E-state index contributed by atoms with van der Waals surface area (Å²) in [6.45, 7) is 6.62. The molecule has 3 aromatic heterocycles. The van der Waals surface area contributed by atoms with Crippen molar-refractivity contribution < 1.29 is 4.42 Å². The molecule has 8 heteroatoms. The summed E-state index contributed by atoms with van der Waals surface area (Å²) in [5, 5.41) is 15.8. The molecule has 166 valence electrons. The van der Waals surface area contributed by atoms with E-state index in [1.165, 1.54) is 0 Å². The highest BCUT2D eigenvalue weighted by Crippen LogP contribution is 2.32. The molecular formula is C24H29N7O. The quantitative estimate of drug-likeness (QED) is 0.476. The number of anilines is 1. The average molecular weight is 432 g/mol. The zero-order chi connectivity index (χ0) is 22.2. The molecule has 1 aliphatic heterocycles. The molecule has 0 bridgehead atoms. The molecule has 0 N–H and O–H groups in total. The van der Waals surface area contributed by atoms with Crippen LogP contribution < -0.4 is 4.90 Å². The molecule has 5 rings (SSSR count). The fourth-order valence-electron chi connectivity index (χ4n) is 4.72. The third-order valence-corrected chi connectivity index (χ3v) is 6.52. The van der Waals surface area contributed by atoms with E-state index in [1.807, 2.05) is 31.6 Å². The highest BCUT2D eigenvalue weighted by atomic mass is 16.4. The highest BCUT2D eigenvalue weighted by Gasteiger charge is 2.26. The number of piperidine rings is 1. The second kappa shape index (κ2) is 8.35. The second-order valence-corrected chi connectivity index (χ2v) is 8.63. The van der Waals surface area contributed by atoms with E-state index in [9.17, 15) is 0 Å².